The Hall–Kier alpha value is -3.15. The monoisotopic (exact) mass is 365 g/mol. The molecule has 0 radical (unpaired) electrons. The average Bonchev–Trinajstić information content (AvgIpc) is 3.23. The van der Waals surface area contributed by atoms with E-state index in [1.807, 2.05) is 36.4 Å². The molecule has 1 amide bonds. The maximum atomic E-state index is 12.6. The second-order valence-corrected chi connectivity index (χ2v) is 6.41. The van der Waals surface area contributed by atoms with Gasteiger partial charge in [-0.1, -0.05) is 32.0 Å². The highest BCUT2D eigenvalue weighted by Crippen LogP contribution is 2.27. The fraction of sp³-hybridized carbons (Fsp3) is 0.286. The molecule has 0 aliphatic rings. The van der Waals surface area contributed by atoms with Gasteiger partial charge in [0.2, 0.25) is 12.3 Å². The molecule has 6 heteroatoms. The zero-order valence-corrected chi connectivity index (χ0v) is 15.7. The van der Waals surface area contributed by atoms with Crippen LogP contribution >= 0.6 is 0 Å². The lowest BCUT2D eigenvalue weighted by atomic mass is 9.97. The number of nitrogens with one attached hydrogen (secondary N) is 1. The molecule has 27 heavy (non-hydrogen) atoms. The minimum absolute atomic E-state index is 0.188. The second kappa shape index (κ2) is 8.49. The topological polar surface area (TPSA) is 77.2 Å². The summed E-state index contributed by atoms with van der Waals surface area (Å²) in [4.78, 5) is 12.6. The lowest BCUT2D eigenvalue weighted by Gasteiger charge is -2.18. The summed E-state index contributed by atoms with van der Waals surface area (Å²) in [6.45, 7) is 6.01. The standard InChI is InChI=1S/C21H23N3O3/c1-4-14(2)18-7-5-6-8-19(18)23-20(25)15(3)27-17-11-9-16(10-12-17)21-24-22-13-26-21/h5-15H,4H2,1-3H3,(H,23,25)/t14-,15-/m0/s1. The van der Waals surface area contributed by atoms with Crippen molar-refractivity contribution in [1.82, 2.24) is 10.2 Å². The predicted molar refractivity (Wildman–Crippen MR) is 104 cm³/mol. The Balaban J connectivity index is 1.64. The van der Waals surface area contributed by atoms with Gasteiger partial charge in [-0.25, -0.2) is 0 Å². The number of benzene rings is 2. The average molecular weight is 365 g/mol. The number of hydrogen-bond acceptors (Lipinski definition) is 5. The van der Waals surface area contributed by atoms with Crippen LogP contribution in [0.15, 0.2) is 59.3 Å². The Morgan fingerprint density at radius 1 is 1.15 bits per heavy atom. The molecule has 0 aliphatic carbocycles. The first-order valence-corrected chi connectivity index (χ1v) is 9.01. The van der Waals surface area contributed by atoms with E-state index in [1.54, 1.807) is 19.1 Å². The Morgan fingerprint density at radius 3 is 2.56 bits per heavy atom. The van der Waals surface area contributed by atoms with E-state index in [0.29, 0.717) is 17.6 Å². The van der Waals surface area contributed by atoms with Crippen LogP contribution in [0.5, 0.6) is 5.75 Å². The molecule has 2 atom stereocenters. The van der Waals surface area contributed by atoms with E-state index in [9.17, 15) is 4.79 Å². The predicted octanol–water partition coefficient (Wildman–Crippen LogP) is 4.66. The fourth-order valence-electron chi connectivity index (χ4n) is 2.73. The quantitative estimate of drug-likeness (QED) is 0.659. The number of amides is 1. The Labute approximate surface area is 158 Å². The molecule has 0 saturated carbocycles. The molecule has 0 aliphatic heterocycles. The van der Waals surface area contributed by atoms with Crippen molar-refractivity contribution in [1.29, 1.82) is 0 Å². The lowest BCUT2D eigenvalue weighted by Crippen LogP contribution is -2.30. The molecular weight excluding hydrogens is 342 g/mol. The van der Waals surface area contributed by atoms with Crippen LogP contribution in [-0.2, 0) is 4.79 Å². The number of carbonyl (C=O) groups is 1. The van der Waals surface area contributed by atoms with Crippen LogP contribution in [0.3, 0.4) is 0 Å². The zero-order chi connectivity index (χ0) is 19.2. The molecule has 0 unspecified atom stereocenters. The molecule has 0 spiro atoms. The molecular formula is C21H23N3O3. The van der Waals surface area contributed by atoms with Gasteiger partial charge in [0.1, 0.15) is 5.75 Å². The number of aromatic nitrogens is 2. The van der Waals surface area contributed by atoms with Gasteiger partial charge in [-0.2, -0.15) is 0 Å². The van der Waals surface area contributed by atoms with Gasteiger partial charge in [-0.3, -0.25) is 4.79 Å². The number of hydrogen-bond donors (Lipinski definition) is 1. The van der Waals surface area contributed by atoms with Crippen molar-refractivity contribution >= 4 is 11.6 Å². The van der Waals surface area contributed by atoms with Gasteiger partial charge < -0.3 is 14.5 Å². The highest BCUT2D eigenvalue weighted by atomic mass is 16.5. The number of ether oxygens (including phenoxy) is 1. The Bertz CT molecular complexity index is 876. The largest absolute Gasteiger partial charge is 0.481 e. The first-order valence-electron chi connectivity index (χ1n) is 9.01. The summed E-state index contributed by atoms with van der Waals surface area (Å²) in [6, 6.07) is 15.0. The molecule has 1 N–H and O–H groups in total. The first-order chi connectivity index (χ1) is 13.1. The normalized spacial score (nSPS) is 13.0. The van der Waals surface area contributed by atoms with Crippen molar-refractivity contribution in [3.05, 3.63) is 60.5 Å². The molecule has 0 bridgehead atoms. The molecule has 2 aromatic carbocycles. The van der Waals surface area contributed by atoms with E-state index >= 15 is 0 Å². The van der Waals surface area contributed by atoms with E-state index < -0.39 is 6.10 Å². The van der Waals surface area contributed by atoms with E-state index in [4.69, 9.17) is 9.15 Å². The second-order valence-electron chi connectivity index (χ2n) is 6.41. The Morgan fingerprint density at radius 2 is 1.89 bits per heavy atom. The van der Waals surface area contributed by atoms with Crippen molar-refractivity contribution in [3.8, 4) is 17.2 Å². The van der Waals surface area contributed by atoms with Gasteiger partial charge in [0.05, 0.1) is 0 Å². The number of rotatable bonds is 7. The zero-order valence-electron chi connectivity index (χ0n) is 15.7. The summed E-state index contributed by atoms with van der Waals surface area (Å²) in [6.07, 6.45) is 1.65. The van der Waals surface area contributed by atoms with E-state index in [0.717, 1.165) is 23.2 Å². The summed E-state index contributed by atoms with van der Waals surface area (Å²) < 4.78 is 10.9. The molecule has 3 aromatic rings. The van der Waals surface area contributed by atoms with Gasteiger partial charge in [-0.15, -0.1) is 10.2 Å². The summed E-state index contributed by atoms with van der Waals surface area (Å²) in [5.41, 5.74) is 2.75. The van der Waals surface area contributed by atoms with Crippen molar-refractivity contribution in [2.45, 2.75) is 39.2 Å². The van der Waals surface area contributed by atoms with Gasteiger partial charge in [0, 0.05) is 11.3 Å². The maximum Gasteiger partial charge on any atom is 0.265 e. The first kappa shape index (κ1) is 18.6. The molecule has 0 fully saturated rings. The minimum atomic E-state index is -0.635. The van der Waals surface area contributed by atoms with Crippen molar-refractivity contribution < 1.29 is 13.9 Å². The maximum absolute atomic E-state index is 12.6. The van der Waals surface area contributed by atoms with Gasteiger partial charge in [-0.05, 0) is 55.2 Å². The summed E-state index contributed by atoms with van der Waals surface area (Å²) in [5, 5.41) is 10.5. The van der Waals surface area contributed by atoms with Crippen LogP contribution in [0.4, 0.5) is 5.69 Å². The third-order valence-corrected chi connectivity index (χ3v) is 4.51. The summed E-state index contributed by atoms with van der Waals surface area (Å²) in [7, 11) is 0. The third kappa shape index (κ3) is 4.53. The number of para-hydroxylation sites is 1. The van der Waals surface area contributed by atoms with Gasteiger partial charge >= 0.3 is 0 Å². The Kier molecular flexibility index (Phi) is 5.86. The third-order valence-electron chi connectivity index (χ3n) is 4.51. The highest BCUT2D eigenvalue weighted by Gasteiger charge is 2.17. The molecule has 140 valence electrons. The number of anilines is 1. The van der Waals surface area contributed by atoms with Gasteiger partial charge in [0.25, 0.3) is 5.91 Å². The van der Waals surface area contributed by atoms with E-state index in [1.165, 1.54) is 6.39 Å². The van der Waals surface area contributed by atoms with Crippen LogP contribution in [0.25, 0.3) is 11.5 Å². The summed E-state index contributed by atoms with van der Waals surface area (Å²) >= 11 is 0. The van der Waals surface area contributed by atoms with E-state index in [2.05, 4.69) is 29.4 Å². The van der Waals surface area contributed by atoms with Crippen molar-refractivity contribution in [3.63, 3.8) is 0 Å². The van der Waals surface area contributed by atoms with Crippen molar-refractivity contribution in [2.75, 3.05) is 5.32 Å². The van der Waals surface area contributed by atoms with E-state index in [-0.39, 0.29) is 5.91 Å². The van der Waals surface area contributed by atoms with Crippen LogP contribution < -0.4 is 10.1 Å². The molecule has 3 rings (SSSR count). The van der Waals surface area contributed by atoms with Crippen LogP contribution in [-0.4, -0.2) is 22.2 Å². The van der Waals surface area contributed by atoms with Crippen LogP contribution in [0, 0.1) is 0 Å². The molecule has 1 heterocycles. The minimum Gasteiger partial charge on any atom is -0.481 e. The SMILES string of the molecule is CC[C@H](C)c1ccccc1NC(=O)[C@H](C)Oc1ccc(-c2nnco2)cc1. The lowest BCUT2D eigenvalue weighted by molar-refractivity contribution is -0.122. The number of nitrogens with zero attached hydrogens (tertiary/aromatic N) is 2. The fourth-order valence-corrected chi connectivity index (χ4v) is 2.73. The van der Waals surface area contributed by atoms with Crippen LogP contribution in [0.2, 0.25) is 0 Å². The number of carbonyl (C=O) groups excluding carboxylic acids is 1. The molecule has 1 aromatic heterocycles. The van der Waals surface area contributed by atoms with Gasteiger partial charge in [0.15, 0.2) is 6.10 Å². The smallest absolute Gasteiger partial charge is 0.265 e. The molecule has 6 nitrogen and oxygen atoms in total. The van der Waals surface area contributed by atoms with Crippen molar-refractivity contribution in [2.24, 2.45) is 0 Å². The molecule has 0 saturated heterocycles. The summed E-state index contributed by atoms with van der Waals surface area (Å²) in [5.74, 6) is 1.21. The highest BCUT2D eigenvalue weighted by molar-refractivity contribution is 5.94. The van der Waals surface area contributed by atoms with Crippen LogP contribution in [0.1, 0.15) is 38.7 Å².